The van der Waals surface area contributed by atoms with E-state index in [1.807, 2.05) is 48.5 Å². The molecule has 140 valence electrons. The Bertz CT molecular complexity index is 980. The third kappa shape index (κ3) is 4.59. The summed E-state index contributed by atoms with van der Waals surface area (Å²) in [4.78, 5) is 12.4. The van der Waals surface area contributed by atoms with Gasteiger partial charge in [0.15, 0.2) is 5.75 Å². The number of halogens is 1. The molecule has 0 spiro atoms. The zero-order chi connectivity index (χ0) is 19.4. The van der Waals surface area contributed by atoms with Gasteiger partial charge < -0.3 is 19.1 Å². The highest BCUT2D eigenvalue weighted by Gasteiger charge is 2.13. The van der Waals surface area contributed by atoms with Crippen molar-refractivity contribution in [1.82, 2.24) is 4.57 Å². The van der Waals surface area contributed by atoms with Gasteiger partial charge in [-0.2, -0.15) is 0 Å². The lowest BCUT2D eigenvalue weighted by Crippen LogP contribution is -2.16. The molecule has 0 radical (unpaired) electrons. The summed E-state index contributed by atoms with van der Waals surface area (Å²) in [6, 6.07) is 16.5. The summed E-state index contributed by atoms with van der Waals surface area (Å²) in [6.07, 6.45) is 0.822. The normalized spacial score (nSPS) is 11.9. The molecular formula is C21H20BrNO4. The van der Waals surface area contributed by atoms with Crippen LogP contribution in [-0.2, 0) is 6.61 Å². The second-order valence-corrected chi connectivity index (χ2v) is 7.01. The summed E-state index contributed by atoms with van der Waals surface area (Å²) in [5.41, 5.74) is 1.96. The van der Waals surface area contributed by atoms with E-state index < -0.39 is 6.10 Å². The molecule has 0 aliphatic rings. The molecule has 5 nitrogen and oxygen atoms in total. The number of rotatable bonds is 6. The fraction of sp³-hybridized carbons (Fsp3) is 0.190. The summed E-state index contributed by atoms with van der Waals surface area (Å²) < 4.78 is 13.6. The molecule has 0 unspecified atom stereocenters. The van der Waals surface area contributed by atoms with Crippen LogP contribution >= 0.6 is 15.9 Å². The van der Waals surface area contributed by atoms with Crippen molar-refractivity contribution >= 4 is 15.9 Å². The number of ether oxygens (including phenoxy) is 2. The van der Waals surface area contributed by atoms with Crippen molar-refractivity contribution in [2.45, 2.75) is 19.6 Å². The Labute approximate surface area is 165 Å². The van der Waals surface area contributed by atoms with Crippen LogP contribution < -0.4 is 14.9 Å². The van der Waals surface area contributed by atoms with Crippen LogP contribution in [0.2, 0.25) is 0 Å². The number of methoxy groups -OCH3 is 1. The second kappa shape index (κ2) is 8.41. The van der Waals surface area contributed by atoms with E-state index in [0.717, 1.165) is 21.5 Å². The van der Waals surface area contributed by atoms with Crippen LogP contribution in [0.25, 0.3) is 5.69 Å². The van der Waals surface area contributed by atoms with Crippen molar-refractivity contribution in [2.24, 2.45) is 0 Å². The minimum absolute atomic E-state index is 0.218. The Kier molecular flexibility index (Phi) is 5.98. The highest BCUT2D eigenvalue weighted by Crippen LogP contribution is 2.22. The first-order valence-electron chi connectivity index (χ1n) is 8.44. The van der Waals surface area contributed by atoms with E-state index in [9.17, 15) is 9.90 Å². The number of aliphatic hydroxyl groups is 1. The SMILES string of the molecule is COc1ccc(COc2cn(-c3cccc(Br)c3)c([C@@H](C)O)cc2=O)cc1. The Hall–Kier alpha value is -2.57. The molecule has 27 heavy (non-hydrogen) atoms. The Morgan fingerprint density at radius 3 is 2.52 bits per heavy atom. The first-order valence-corrected chi connectivity index (χ1v) is 9.23. The smallest absolute Gasteiger partial charge is 0.223 e. The van der Waals surface area contributed by atoms with Gasteiger partial charge in [0, 0.05) is 16.2 Å². The quantitative estimate of drug-likeness (QED) is 0.636. The van der Waals surface area contributed by atoms with Gasteiger partial charge in [-0.25, -0.2) is 0 Å². The number of hydrogen-bond acceptors (Lipinski definition) is 4. The lowest BCUT2D eigenvalue weighted by Gasteiger charge is -2.17. The first-order chi connectivity index (χ1) is 13.0. The van der Waals surface area contributed by atoms with Crippen LogP contribution in [0.1, 0.15) is 24.3 Å². The topological polar surface area (TPSA) is 60.7 Å². The van der Waals surface area contributed by atoms with Crippen molar-refractivity contribution in [3.63, 3.8) is 0 Å². The average Bonchev–Trinajstić information content (AvgIpc) is 2.67. The highest BCUT2D eigenvalue weighted by molar-refractivity contribution is 9.10. The molecule has 1 aromatic heterocycles. The van der Waals surface area contributed by atoms with Gasteiger partial charge in [0.2, 0.25) is 5.43 Å². The molecule has 3 rings (SSSR count). The molecule has 0 saturated heterocycles. The van der Waals surface area contributed by atoms with Crippen molar-refractivity contribution < 1.29 is 14.6 Å². The fourth-order valence-corrected chi connectivity index (χ4v) is 3.08. The number of hydrogen-bond donors (Lipinski definition) is 1. The molecule has 0 aliphatic carbocycles. The summed E-state index contributed by atoms with van der Waals surface area (Å²) >= 11 is 3.45. The summed E-state index contributed by atoms with van der Waals surface area (Å²) in [7, 11) is 1.61. The zero-order valence-electron chi connectivity index (χ0n) is 15.1. The molecule has 3 aromatic rings. The molecule has 0 fully saturated rings. The lowest BCUT2D eigenvalue weighted by atomic mass is 10.2. The van der Waals surface area contributed by atoms with E-state index in [2.05, 4.69) is 15.9 Å². The molecule has 2 aromatic carbocycles. The highest BCUT2D eigenvalue weighted by atomic mass is 79.9. The number of benzene rings is 2. The maximum Gasteiger partial charge on any atom is 0.223 e. The van der Waals surface area contributed by atoms with Gasteiger partial charge in [-0.15, -0.1) is 0 Å². The molecular weight excluding hydrogens is 410 g/mol. The monoisotopic (exact) mass is 429 g/mol. The third-order valence-electron chi connectivity index (χ3n) is 4.11. The molecule has 1 heterocycles. The van der Waals surface area contributed by atoms with Crippen molar-refractivity contribution in [2.75, 3.05) is 7.11 Å². The third-order valence-corrected chi connectivity index (χ3v) is 4.61. The average molecular weight is 430 g/mol. The van der Waals surface area contributed by atoms with E-state index >= 15 is 0 Å². The van der Waals surface area contributed by atoms with E-state index in [0.29, 0.717) is 5.69 Å². The van der Waals surface area contributed by atoms with Gasteiger partial charge in [0.1, 0.15) is 12.4 Å². The van der Waals surface area contributed by atoms with Crippen LogP contribution in [-0.4, -0.2) is 16.8 Å². The predicted octanol–water partition coefficient (Wildman–Crippen LogP) is 4.24. The molecule has 6 heteroatoms. The minimum atomic E-state index is -0.799. The Morgan fingerprint density at radius 1 is 1.15 bits per heavy atom. The Morgan fingerprint density at radius 2 is 1.89 bits per heavy atom. The van der Waals surface area contributed by atoms with Crippen LogP contribution in [0.5, 0.6) is 11.5 Å². The standard InChI is InChI=1S/C21H20BrNO4/c1-14(24)19-11-20(25)21(12-23(19)17-5-3-4-16(22)10-17)27-13-15-6-8-18(26-2)9-7-15/h3-12,14,24H,13H2,1-2H3/t14-/m1/s1. The van der Waals surface area contributed by atoms with Crippen molar-refractivity contribution in [1.29, 1.82) is 0 Å². The predicted molar refractivity (Wildman–Crippen MR) is 108 cm³/mol. The van der Waals surface area contributed by atoms with Crippen molar-refractivity contribution in [3.8, 4) is 17.2 Å². The molecule has 0 aliphatic heterocycles. The number of nitrogens with zero attached hydrogens (tertiary/aromatic N) is 1. The van der Waals surface area contributed by atoms with E-state index in [1.54, 1.807) is 24.8 Å². The van der Waals surface area contributed by atoms with Gasteiger partial charge in [-0.05, 0) is 42.8 Å². The molecule has 0 amide bonds. The van der Waals surface area contributed by atoms with Crippen LogP contribution in [0.15, 0.2) is 70.1 Å². The van der Waals surface area contributed by atoms with E-state index in [1.165, 1.54) is 6.07 Å². The molecule has 0 saturated carbocycles. The summed E-state index contributed by atoms with van der Waals surface area (Å²) in [5.74, 6) is 0.979. The first kappa shape index (κ1) is 19.2. The van der Waals surface area contributed by atoms with Gasteiger partial charge in [0.25, 0.3) is 0 Å². The molecule has 1 N–H and O–H groups in total. The van der Waals surface area contributed by atoms with Gasteiger partial charge in [-0.3, -0.25) is 4.79 Å². The zero-order valence-corrected chi connectivity index (χ0v) is 16.6. The van der Waals surface area contributed by atoms with Gasteiger partial charge >= 0.3 is 0 Å². The number of pyridine rings is 1. The lowest BCUT2D eigenvalue weighted by molar-refractivity contribution is 0.191. The molecule has 0 bridgehead atoms. The van der Waals surface area contributed by atoms with E-state index in [4.69, 9.17) is 9.47 Å². The van der Waals surface area contributed by atoms with Crippen LogP contribution in [0.3, 0.4) is 0 Å². The molecule has 1 atom stereocenters. The second-order valence-electron chi connectivity index (χ2n) is 6.09. The van der Waals surface area contributed by atoms with Crippen LogP contribution in [0.4, 0.5) is 0 Å². The van der Waals surface area contributed by atoms with Crippen LogP contribution in [0, 0.1) is 0 Å². The van der Waals surface area contributed by atoms with Crippen molar-refractivity contribution in [3.05, 3.63) is 86.7 Å². The summed E-state index contributed by atoms with van der Waals surface area (Å²) in [6.45, 7) is 1.88. The summed E-state index contributed by atoms with van der Waals surface area (Å²) in [5, 5.41) is 10.1. The minimum Gasteiger partial charge on any atom is -0.497 e. The fourth-order valence-electron chi connectivity index (χ4n) is 2.69. The van der Waals surface area contributed by atoms with Gasteiger partial charge in [0.05, 0.1) is 25.1 Å². The number of aliphatic hydroxyl groups excluding tert-OH is 1. The number of aromatic nitrogens is 1. The van der Waals surface area contributed by atoms with E-state index in [-0.39, 0.29) is 17.8 Å². The largest absolute Gasteiger partial charge is 0.497 e. The van der Waals surface area contributed by atoms with Gasteiger partial charge in [-0.1, -0.05) is 34.1 Å². The maximum atomic E-state index is 12.4. The Balaban J connectivity index is 1.93. The maximum absolute atomic E-state index is 12.4.